The van der Waals surface area contributed by atoms with Gasteiger partial charge in [0.2, 0.25) is 0 Å². The first-order valence-corrected chi connectivity index (χ1v) is 3.94. The van der Waals surface area contributed by atoms with Gasteiger partial charge in [0.1, 0.15) is 12.0 Å². The maximum atomic E-state index is 10.6. The van der Waals surface area contributed by atoms with Gasteiger partial charge < -0.3 is 9.53 Å². The third kappa shape index (κ3) is 1.87. The number of hydrogen-bond acceptors (Lipinski definition) is 4. The fourth-order valence-electron chi connectivity index (χ4n) is 1.20. The van der Waals surface area contributed by atoms with Gasteiger partial charge in [0.15, 0.2) is 0 Å². The van der Waals surface area contributed by atoms with Gasteiger partial charge in [-0.3, -0.25) is 10.1 Å². The molecule has 0 amide bonds. The molecule has 0 fully saturated rings. The van der Waals surface area contributed by atoms with Crippen molar-refractivity contribution < 1.29 is 14.5 Å². The predicted molar refractivity (Wildman–Crippen MR) is 49.4 cm³/mol. The number of carbonyl (C=O) groups excluding carboxylic acids is 1. The molecule has 74 valence electrons. The van der Waals surface area contributed by atoms with Gasteiger partial charge in [-0.1, -0.05) is 6.07 Å². The monoisotopic (exact) mass is 195 g/mol. The Balaban J connectivity index is 3.27. The van der Waals surface area contributed by atoms with Gasteiger partial charge in [0, 0.05) is 12.5 Å². The summed E-state index contributed by atoms with van der Waals surface area (Å²) >= 11 is 0. The molecule has 1 aromatic rings. The minimum absolute atomic E-state index is 0.0136. The second-order valence-electron chi connectivity index (χ2n) is 2.59. The molecule has 0 saturated heterocycles. The number of methoxy groups -OCH3 is 1. The molecular formula is C9H9NO4. The van der Waals surface area contributed by atoms with Crippen LogP contribution in [-0.4, -0.2) is 18.3 Å². The Morgan fingerprint density at radius 2 is 2.29 bits per heavy atom. The number of nitro groups is 1. The van der Waals surface area contributed by atoms with Crippen molar-refractivity contribution in [1.82, 2.24) is 0 Å². The van der Waals surface area contributed by atoms with Crippen LogP contribution in [0.15, 0.2) is 18.2 Å². The van der Waals surface area contributed by atoms with E-state index in [1.165, 1.54) is 19.2 Å². The molecule has 0 spiro atoms. The van der Waals surface area contributed by atoms with Crippen molar-refractivity contribution in [3.05, 3.63) is 33.9 Å². The fraction of sp³-hybridized carbons (Fsp3) is 0.222. The molecule has 0 radical (unpaired) electrons. The zero-order chi connectivity index (χ0) is 10.6. The summed E-state index contributed by atoms with van der Waals surface area (Å²) in [5, 5.41) is 10.6. The lowest BCUT2D eigenvalue weighted by molar-refractivity contribution is -0.385. The molecule has 14 heavy (non-hydrogen) atoms. The highest BCUT2D eigenvalue weighted by Gasteiger charge is 2.16. The molecule has 1 aromatic carbocycles. The number of nitrogens with zero attached hydrogens (tertiary/aromatic N) is 1. The maximum Gasteiger partial charge on any atom is 0.276 e. The number of benzene rings is 1. The number of rotatable bonds is 4. The summed E-state index contributed by atoms with van der Waals surface area (Å²) in [6.45, 7) is 0. The minimum atomic E-state index is -0.526. The molecule has 0 atom stereocenters. The topological polar surface area (TPSA) is 69.4 Å². The zero-order valence-corrected chi connectivity index (χ0v) is 7.60. The molecule has 0 aliphatic heterocycles. The quantitative estimate of drug-likeness (QED) is 0.413. The van der Waals surface area contributed by atoms with Crippen LogP contribution in [0.2, 0.25) is 0 Å². The Morgan fingerprint density at radius 3 is 2.79 bits per heavy atom. The van der Waals surface area contributed by atoms with Gasteiger partial charge in [-0.25, -0.2) is 0 Å². The molecule has 5 nitrogen and oxygen atoms in total. The number of hydrogen-bond donors (Lipinski definition) is 0. The largest absolute Gasteiger partial charge is 0.496 e. The average molecular weight is 195 g/mol. The van der Waals surface area contributed by atoms with Gasteiger partial charge in [-0.2, -0.15) is 0 Å². The van der Waals surface area contributed by atoms with Crippen LogP contribution in [-0.2, 0) is 11.2 Å². The van der Waals surface area contributed by atoms with Crippen molar-refractivity contribution in [1.29, 1.82) is 0 Å². The normalized spacial score (nSPS) is 9.50. The SMILES string of the molecule is COc1cccc([N+](=O)[O-])c1CC=O. The third-order valence-corrected chi connectivity index (χ3v) is 1.81. The van der Waals surface area contributed by atoms with Crippen molar-refractivity contribution in [3.8, 4) is 5.75 Å². The summed E-state index contributed by atoms with van der Waals surface area (Å²) in [6, 6.07) is 4.46. The zero-order valence-electron chi connectivity index (χ0n) is 7.60. The van der Waals surface area contributed by atoms with Crippen molar-refractivity contribution >= 4 is 12.0 Å². The van der Waals surface area contributed by atoms with E-state index in [9.17, 15) is 14.9 Å². The van der Waals surface area contributed by atoms with Crippen molar-refractivity contribution in [2.45, 2.75) is 6.42 Å². The lowest BCUT2D eigenvalue weighted by atomic mass is 10.1. The molecule has 1 rings (SSSR count). The lowest BCUT2D eigenvalue weighted by Crippen LogP contribution is -1.99. The molecule has 0 heterocycles. The Morgan fingerprint density at radius 1 is 1.57 bits per heavy atom. The number of nitro benzene ring substituents is 1. The van der Waals surface area contributed by atoms with Gasteiger partial charge >= 0.3 is 0 Å². The van der Waals surface area contributed by atoms with Crippen LogP contribution in [0.5, 0.6) is 5.75 Å². The molecule has 0 unspecified atom stereocenters. The van der Waals surface area contributed by atoms with Crippen molar-refractivity contribution in [2.75, 3.05) is 7.11 Å². The average Bonchev–Trinajstić information content (AvgIpc) is 2.18. The highest BCUT2D eigenvalue weighted by Crippen LogP contribution is 2.27. The van der Waals surface area contributed by atoms with E-state index in [0.29, 0.717) is 17.6 Å². The van der Waals surface area contributed by atoms with Crippen LogP contribution < -0.4 is 4.74 Å². The van der Waals surface area contributed by atoms with Crippen LogP contribution in [0.1, 0.15) is 5.56 Å². The van der Waals surface area contributed by atoms with E-state index in [1.807, 2.05) is 0 Å². The maximum absolute atomic E-state index is 10.6. The Bertz CT molecular complexity index is 362. The summed E-state index contributed by atoms with van der Waals surface area (Å²) in [5.41, 5.74) is 0.228. The summed E-state index contributed by atoms with van der Waals surface area (Å²) in [5.74, 6) is 0.367. The summed E-state index contributed by atoms with van der Waals surface area (Å²) in [4.78, 5) is 20.4. The number of ether oxygens (including phenoxy) is 1. The molecule has 0 aromatic heterocycles. The van der Waals surface area contributed by atoms with E-state index < -0.39 is 4.92 Å². The van der Waals surface area contributed by atoms with Crippen LogP contribution in [0.4, 0.5) is 5.69 Å². The third-order valence-electron chi connectivity index (χ3n) is 1.81. The Labute approximate surface area is 80.5 Å². The molecule has 5 heteroatoms. The van der Waals surface area contributed by atoms with Crippen molar-refractivity contribution in [2.24, 2.45) is 0 Å². The molecular weight excluding hydrogens is 186 g/mol. The summed E-state index contributed by atoms with van der Waals surface area (Å²) < 4.78 is 4.93. The van der Waals surface area contributed by atoms with Gasteiger partial charge in [-0.05, 0) is 6.07 Å². The standard InChI is InChI=1S/C9H9NO4/c1-14-9-4-2-3-8(10(12)13)7(9)5-6-11/h2-4,6H,5H2,1H3. The fourth-order valence-corrected chi connectivity index (χ4v) is 1.20. The Kier molecular flexibility index (Phi) is 3.17. The van der Waals surface area contributed by atoms with E-state index in [-0.39, 0.29) is 12.1 Å². The highest BCUT2D eigenvalue weighted by molar-refractivity contribution is 5.63. The number of carbonyl (C=O) groups is 1. The predicted octanol–water partition coefficient (Wildman–Crippen LogP) is 1.34. The molecule has 0 saturated carbocycles. The highest BCUT2D eigenvalue weighted by atomic mass is 16.6. The second-order valence-corrected chi connectivity index (χ2v) is 2.59. The Hall–Kier alpha value is -1.91. The minimum Gasteiger partial charge on any atom is -0.496 e. The van der Waals surface area contributed by atoms with E-state index in [1.54, 1.807) is 6.07 Å². The van der Waals surface area contributed by atoms with E-state index >= 15 is 0 Å². The molecule has 0 aliphatic rings. The first-order chi connectivity index (χ1) is 6.70. The van der Waals surface area contributed by atoms with Gasteiger partial charge in [-0.15, -0.1) is 0 Å². The first kappa shape index (κ1) is 10.2. The molecule has 0 bridgehead atoms. The first-order valence-electron chi connectivity index (χ1n) is 3.94. The van der Waals surface area contributed by atoms with E-state index in [0.717, 1.165) is 0 Å². The second kappa shape index (κ2) is 4.36. The van der Waals surface area contributed by atoms with Gasteiger partial charge in [0.05, 0.1) is 17.6 Å². The van der Waals surface area contributed by atoms with Crippen LogP contribution >= 0.6 is 0 Å². The van der Waals surface area contributed by atoms with Crippen molar-refractivity contribution in [3.63, 3.8) is 0 Å². The molecule has 0 aliphatic carbocycles. The summed E-state index contributed by atoms with van der Waals surface area (Å²) in [7, 11) is 1.41. The molecule has 0 N–H and O–H groups in total. The van der Waals surface area contributed by atoms with Gasteiger partial charge in [0.25, 0.3) is 5.69 Å². The van der Waals surface area contributed by atoms with E-state index in [2.05, 4.69) is 0 Å². The van der Waals surface area contributed by atoms with Crippen LogP contribution in [0.25, 0.3) is 0 Å². The summed E-state index contributed by atoms with van der Waals surface area (Å²) in [6.07, 6.45) is 0.602. The van der Waals surface area contributed by atoms with E-state index in [4.69, 9.17) is 4.74 Å². The smallest absolute Gasteiger partial charge is 0.276 e. The number of aldehydes is 1. The lowest BCUT2D eigenvalue weighted by Gasteiger charge is -2.05. The van der Waals surface area contributed by atoms with Crippen LogP contribution in [0.3, 0.4) is 0 Å². The van der Waals surface area contributed by atoms with Crippen LogP contribution in [0, 0.1) is 10.1 Å².